The van der Waals surface area contributed by atoms with E-state index in [2.05, 4.69) is 16.0 Å². The fourth-order valence-electron chi connectivity index (χ4n) is 3.21. The monoisotopic (exact) mass is 359 g/mol. The van der Waals surface area contributed by atoms with Gasteiger partial charge >= 0.3 is 0 Å². The van der Waals surface area contributed by atoms with Gasteiger partial charge in [-0.15, -0.1) is 11.3 Å². The maximum Gasteiger partial charge on any atom is 0.289 e. The fraction of sp³-hybridized carbons (Fsp3) is 0.100. The molecule has 0 bridgehead atoms. The number of nitrogens with one attached hydrogen (secondary N) is 1. The number of Topliss-reactive ketones (excluding diaryl/α,β-unsaturated/α-hetero) is 1. The Morgan fingerprint density at radius 3 is 2.69 bits per heavy atom. The van der Waals surface area contributed by atoms with Crippen LogP contribution in [0.15, 0.2) is 36.4 Å². The number of anilines is 1. The predicted octanol–water partition coefficient (Wildman–Crippen LogP) is 3.90. The number of thiophene rings is 1. The number of nitrogens with zero attached hydrogens (tertiary/aromatic N) is 2. The van der Waals surface area contributed by atoms with Crippen molar-refractivity contribution in [3.63, 3.8) is 0 Å². The number of nitrogen functional groups attached to an aromatic ring is 1. The number of pyridine rings is 2. The Balaban J connectivity index is 2.19. The number of aromatic nitrogens is 2. The molecule has 0 fully saturated rings. The number of fused-ring (bicyclic) bond motifs is 3. The maximum atomic E-state index is 11.9. The Morgan fingerprint density at radius 2 is 2.04 bits per heavy atom. The SMILES string of the molecule is CC(=O)c1cc2c(nc1C)sc1c(-c3ccccc3)c(C#N)c(N)[nH+]c12. The van der Waals surface area contributed by atoms with Gasteiger partial charge < -0.3 is 0 Å². The van der Waals surface area contributed by atoms with Gasteiger partial charge in [0, 0.05) is 16.8 Å². The second-order valence-corrected chi connectivity index (χ2v) is 7.10. The predicted molar refractivity (Wildman–Crippen MR) is 103 cm³/mol. The van der Waals surface area contributed by atoms with E-state index in [1.807, 2.05) is 43.3 Å². The van der Waals surface area contributed by atoms with Crippen LogP contribution in [0.25, 0.3) is 31.6 Å². The molecule has 0 saturated carbocycles. The lowest BCUT2D eigenvalue weighted by molar-refractivity contribution is -0.325. The highest BCUT2D eigenvalue weighted by Gasteiger charge is 2.23. The number of aromatic amines is 1. The summed E-state index contributed by atoms with van der Waals surface area (Å²) in [5, 5.41) is 10.5. The maximum absolute atomic E-state index is 11.9. The fourth-order valence-corrected chi connectivity index (χ4v) is 4.44. The molecule has 0 unspecified atom stereocenters. The minimum absolute atomic E-state index is 0.0267. The van der Waals surface area contributed by atoms with Crippen molar-refractivity contribution in [3.8, 4) is 17.2 Å². The van der Waals surface area contributed by atoms with Gasteiger partial charge in [0.1, 0.15) is 16.5 Å². The molecule has 0 atom stereocenters. The van der Waals surface area contributed by atoms with Gasteiger partial charge in [0.25, 0.3) is 5.82 Å². The molecular formula is C20H15N4OS+. The van der Waals surface area contributed by atoms with Crippen molar-refractivity contribution in [1.82, 2.24) is 4.98 Å². The van der Waals surface area contributed by atoms with E-state index in [4.69, 9.17) is 5.73 Å². The number of carbonyl (C=O) groups excluding carboxylic acids is 1. The number of hydrogen-bond donors (Lipinski definition) is 1. The first-order chi connectivity index (χ1) is 12.5. The normalized spacial score (nSPS) is 11.0. The Bertz CT molecular complexity index is 1240. The quantitative estimate of drug-likeness (QED) is 0.549. The molecule has 0 radical (unpaired) electrons. The number of carbonyl (C=O) groups is 1. The highest BCUT2D eigenvalue weighted by atomic mass is 32.1. The van der Waals surface area contributed by atoms with E-state index >= 15 is 0 Å². The van der Waals surface area contributed by atoms with Crippen LogP contribution in [0.1, 0.15) is 28.5 Å². The summed E-state index contributed by atoms with van der Waals surface area (Å²) in [5.41, 5.74) is 10.4. The summed E-state index contributed by atoms with van der Waals surface area (Å²) in [7, 11) is 0. The lowest BCUT2D eigenvalue weighted by Crippen LogP contribution is -2.14. The second-order valence-electron chi connectivity index (χ2n) is 6.10. The molecule has 3 heterocycles. The van der Waals surface area contributed by atoms with Gasteiger partial charge in [0.15, 0.2) is 11.3 Å². The summed E-state index contributed by atoms with van der Waals surface area (Å²) in [6, 6.07) is 13.8. The highest BCUT2D eigenvalue weighted by molar-refractivity contribution is 7.25. The average molecular weight is 359 g/mol. The van der Waals surface area contributed by atoms with Gasteiger partial charge in [-0.2, -0.15) is 5.26 Å². The lowest BCUT2D eigenvalue weighted by Gasteiger charge is -2.05. The number of benzene rings is 1. The van der Waals surface area contributed by atoms with E-state index in [9.17, 15) is 10.1 Å². The third kappa shape index (κ3) is 2.33. The Morgan fingerprint density at radius 1 is 1.31 bits per heavy atom. The first-order valence-electron chi connectivity index (χ1n) is 8.06. The number of nitrogens with two attached hydrogens (primary N) is 1. The molecule has 4 rings (SSSR count). The van der Waals surface area contributed by atoms with Crippen LogP contribution >= 0.6 is 11.3 Å². The molecule has 0 spiro atoms. The summed E-state index contributed by atoms with van der Waals surface area (Å²) in [6.45, 7) is 3.36. The highest BCUT2D eigenvalue weighted by Crippen LogP contribution is 2.40. The molecule has 5 nitrogen and oxygen atoms in total. The van der Waals surface area contributed by atoms with Crippen LogP contribution in [0, 0.1) is 18.3 Å². The lowest BCUT2D eigenvalue weighted by atomic mass is 10.00. The van der Waals surface area contributed by atoms with Crippen LogP contribution < -0.4 is 10.7 Å². The molecule has 0 aliphatic rings. The van der Waals surface area contributed by atoms with E-state index in [0.717, 1.165) is 31.6 Å². The Hall–Kier alpha value is -3.30. The summed E-state index contributed by atoms with van der Waals surface area (Å²) in [4.78, 5) is 20.5. The molecule has 6 heteroatoms. The number of H-pyrrole nitrogens is 1. The standard InChI is InChI=1S/C20H14N4OS/c1-10-13(11(2)25)8-14-17-18(26-20(14)23-10)16(12-6-4-3-5-7-12)15(9-21)19(22)24-17/h3-8H,1-2H3,(H2,22,24)/p+1. The topological polar surface area (TPSA) is 93.9 Å². The largest absolute Gasteiger partial charge is 0.294 e. The zero-order chi connectivity index (χ0) is 18.4. The van der Waals surface area contributed by atoms with E-state index in [-0.39, 0.29) is 5.78 Å². The second kappa shape index (κ2) is 5.90. The molecule has 0 amide bonds. The van der Waals surface area contributed by atoms with E-state index in [1.54, 1.807) is 0 Å². The van der Waals surface area contributed by atoms with Gasteiger partial charge in [-0.3, -0.25) is 10.5 Å². The van der Waals surface area contributed by atoms with Crippen LogP contribution in [0.3, 0.4) is 0 Å². The summed E-state index contributed by atoms with van der Waals surface area (Å²) in [6.07, 6.45) is 0. The minimum Gasteiger partial charge on any atom is -0.294 e. The van der Waals surface area contributed by atoms with Gasteiger partial charge in [-0.05, 0) is 25.5 Å². The summed E-state index contributed by atoms with van der Waals surface area (Å²) < 4.78 is 0.907. The molecule has 26 heavy (non-hydrogen) atoms. The van der Waals surface area contributed by atoms with Crippen LogP contribution in [0.4, 0.5) is 5.82 Å². The zero-order valence-corrected chi connectivity index (χ0v) is 15.1. The number of rotatable bonds is 2. The molecule has 0 aliphatic carbocycles. The average Bonchev–Trinajstić information content (AvgIpc) is 2.97. The van der Waals surface area contributed by atoms with Crippen molar-refractivity contribution in [2.75, 3.05) is 5.73 Å². The van der Waals surface area contributed by atoms with E-state index in [1.165, 1.54) is 18.3 Å². The van der Waals surface area contributed by atoms with Crippen molar-refractivity contribution >= 4 is 43.4 Å². The van der Waals surface area contributed by atoms with Gasteiger partial charge in [-0.1, -0.05) is 30.3 Å². The van der Waals surface area contributed by atoms with Crippen molar-refractivity contribution in [2.45, 2.75) is 13.8 Å². The molecular weight excluding hydrogens is 344 g/mol. The van der Waals surface area contributed by atoms with Crippen molar-refractivity contribution in [2.24, 2.45) is 0 Å². The number of nitriles is 1. The van der Waals surface area contributed by atoms with Crippen LogP contribution in [0.2, 0.25) is 0 Å². The molecule has 0 saturated heterocycles. The first-order valence-corrected chi connectivity index (χ1v) is 8.88. The van der Waals surface area contributed by atoms with Crippen molar-refractivity contribution in [3.05, 3.63) is 53.2 Å². The van der Waals surface area contributed by atoms with Crippen LogP contribution in [-0.2, 0) is 0 Å². The first kappa shape index (κ1) is 16.2. The van der Waals surface area contributed by atoms with Crippen molar-refractivity contribution < 1.29 is 9.78 Å². The molecule has 4 aromatic rings. The zero-order valence-electron chi connectivity index (χ0n) is 14.3. The smallest absolute Gasteiger partial charge is 0.289 e. The van der Waals surface area contributed by atoms with Crippen LogP contribution in [-0.4, -0.2) is 10.8 Å². The Labute approximate surface area is 153 Å². The van der Waals surface area contributed by atoms with E-state index in [0.29, 0.717) is 22.6 Å². The summed E-state index contributed by atoms with van der Waals surface area (Å²) in [5.74, 6) is 0.282. The molecule has 0 aliphatic heterocycles. The molecule has 126 valence electrons. The van der Waals surface area contributed by atoms with Crippen LogP contribution in [0.5, 0.6) is 0 Å². The number of hydrogen-bond acceptors (Lipinski definition) is 5. The minimum atomic E-state index is -0.0267. The Kier molecular flexibility index (Phi) is 3.67. The van der Waals surface area contributed by atoms with Gasteiger partial charge in [0.2, 0.25) is 0 Å². The number of ketones is 1. The molecule has 3 aromatic heterocycles. The summed E-state index contributed by atoms with van der Waals surface area (Å²) >= 11 is 1.50. The third-order valence-electron chi connectivity index (χ3n) is 4.43. The van der Waals surface area contributed by atoms with Gasteiger partial charge in [-0.25, -0.2) is 9.97 Å². The van der Waals surface area contributed by atoms with Gasteiger partial charge in [0.05, 0.1) is 10.1 Å². The molecule has 1 aromatic carbocycles. The molecule has 3 N–H and O–H groups in total. The third-order valence-corrected chi connectivity index (χ3v) is 5.55. The van der Waals surface area contributed by atoms with E-state index < -0.39 is 0 Å². The number of aryl methyl sites for hydroxylation is 1. The van der Waals surface area contributed by atoms with Crippen molar-refractivity contribution in [1.29, 1.82) is 5.26 Å².